The van der Waals surface area contributed by atoms with E-state index < -0.39 is 0 Å². The molecule has 1 heterocycles. The molecular weight excluding hydrogens is 218 g/mol. The second kappa shape index (κ2) is 4.69. The Labute approximate surface area is 98.5 Å². The Morgan fingerprint density at radius 3 is 3.00 bits per heavy atom. The minimum Gasteiger partial charge on any atom is -0.508 e. The average molecular weight is 231 g/mol. The maximum absolute atomic E-state index is 11.8. The smallest absolute Gasteiger partial charge is 0.251 e. The Morgan fingerprint density at radius 2 is 2.35 bits per heavy atom. The van der Waals surface area contributed by atoms with E-state index in [0.29, 0.717) is 12.1 Å². The van der Waals surface area contributed by atoms with Crippen molar-refractivity contribution in [3.8, 4) is 5.75 Å². The molecule has 17 heavy (non-hydrogen) atoms. The van der Waals surface area contributed by atoms with Gasteiger partial charge in [-0.3, -0.25) is 9.89 Å². The van der Waals surface area contributed by atoms with E-state index in [1.54, 1.807) is 31.5 Å². The number of hydrogen-bond acceptors (Lipinski definition) is 3. The van der Waals surface area contributed by atoms with Crippen molar-refractivity contribution in [1.82, 2.24) is 15.5 Å². The predicted molar refractivity (Wildman–Crippen MR) is 62.6 cm³/mol. The normalized spacial score (nSPS) is 10.2. The summed E-state index contributed by atoms with van der Waals surface area (Å²) in [6, 6.07) is 4.85. The number of phenolic OH excluding ortho intramolecular Hbond substituents is 1. The SMILES string of the molecule is Cc1ccc(C(=O)NCc2cn[nH]c2)cc1O. The van der Waals surface area contributed by atoms with E-state index in [1.807, 2.05) is 0 Å². The topological polar surface area (TPSA) is 78.0 Å². The second-order valence-electron chi connectivity index (χ2n) is 3.79. The average Bonchev–Trinajstić information content (AvgIpc) is 2.82. The van der Waals surface area contributed by atoms with Crippen molar-refractivity contribution in [2.45, 2.75) is 13.5 Å². The van der Waals surface area contributed by atoms with Crippen molar-refractivity contribution >= 4 is 5.91 Å². The van der Waals surface area contributed by atoms with Gasteiger partial charge in [-0.2, -0.15) is 5.10 Å². The minimum absolute atomic E-state index is 0.126. The third-order valence-corrected chi connectivity index (χ3v) is 2.48. The van der Waals surface area contributed by atoms with E-state index in [1.165, 1.54) is 6.07 Å². The summed E-state index contributed by atoms with van der Waals surface area (Å²) in [6.45, 7) is 2.19. The van der Waals surface area contributed by atoms with Crippen LogP contribution in [-0.2, 0) is 6.54 Å². The lowest BCUT2D eigenvalue weighted by Crippen LogP contribution is -2.22. The van der Waals surface area contributed by atoms with Crippen LogP contribution < -0.4 is 5.32 Å². The fourth-order valence-corrected chi connectivity index (χ4v) is 1.41. The summed E-state index contributed by atoms with van der Waals surface area (Å²) in [7, 11) is 0. The highest BCUT2D eigenvalue weighted by Crippen LogP contribution is 2.17. The summed E-state index contributed by atoms with van der Waals surface area (Å²) in [5.74, 6) is -0.0949. The molecule has 0 atom stereocenters. The molecule has 0 bridgehead atoms. The van der Waals surface area contributed by atoms with Gasteiger partial charge in [-0.05, 0) is 24.6 Å². The van der Waals surface area contributed by atoms with Gasteiger partial charge < -0.3 is 10.4 Å². The number of aromatic nitrogens is 2. The van der Waals surface area contributed by atoms with Gasteiger partial charge in [0.05, 0.1) is 6.20 Å². The van der Waals surface area contributed by atoms with Gasteiger partial charge in [0.15, 0.2) is 0 Å². The highest BCUT2D eigenvalue weighted by atomic mass is 16.3. The standard InChI is InChI=1S/C12H13N3O2/c1-8-2-3-10(4-11(8)16)12(17)13-5-9-6-14-15-7-9/h2-4,6-7,16H,5H2,1H3,(H,13,17)(H,14,15). The van der Waals surface area contributed by atoms with Gasteiger partial charge in [-0.1, -0.05) is 6.07 Å². The number of aromatic hydroxyl groups is 1. The lowest BCUT2D eigenvalue weighted by atomic mass is 10.1. The van der Waals surface area contributed by atoms with Crippen molar-refractivity contribution in [2.75, 3.05) is 0 Å². The first-order valence-electron chi connectivity index (χ1n) is 5.22. The molecule has 2 rings (SSSR count). The molecule has 2 aromatic rings. The van der Waals surface area contributed by atoms with Gasteiger partial charge in [0.2, 0.25) is 0 Å². The lowest BCUT2D eigenvalue weighted by Gasteiger charge is -2.05. The van der Waals surface area contributed by atoms with Crippen molar-refractivity contribution in [3.05, 3.63) is 47.3 Å². The molecule has 1 aromatic carbocycles. The Morgan fingerprint density at radius 1 is 1.53 bits per heavy atom. The summed E-state index contributed by atoms with van der Waals surface area (Å²) in [5.41, 5.74) is 2.09. The van der Waals surface area contributed by atoms with E-state index in [2.05, 4.69) is 15.5 Å². The summed E-state index contributed by atoms with van der Waals surface area (Å²) >= 11 is 0. The van der Waals surface area contributed by atoms with Gasteiger partial charge in [-0.25, -0.2) is 0 Å². The number of rotatable bonds is 3. The number of H-pyrrole nitrogens is 1. The highest BCUT2D eigenvalue weighted by molar-refractivity contribution is 5.94. The van der Waals surface area contributed by atoms with Gasteiger partial charge in [-0.15, -0.1) is 0 Å². The van der Waals surface area contributed by atoms with Crippen molar-refractivity contribution in [1.29, 1.82) is 0 Å². The third-order valence-electron chi connectivity index (χ3n) is 2.48. The third kappa shape index (κ3) is 2.63. The second-order valence-corrected chi connectivity index (χ2v) is 3.79. The first-order chi connectivity index (χ1) is 8.16. The van der Waals surface area contributed by atoms with E-state index in [4.69, 9.17) is 0 Å². The van der Waals surface area contributed by atoms with Crippen LogP contribution in [0.5, 0.6) is 5.75 Å². The van der Waals surface area contributed by atoms with Crippen LogP contribution in [0.25, 0.3) is 0 Å². The molecule has 0 aliphatic rings. The van der Waals surface area contributed by atoms with E-state index in [0.717, 1.165) is 11.1 Å². The zero-order valence-corrected chi connectivity index (χ0v) is 9.40. The maximum Gasteiger partial charge on any atom is 0.251 e. The van der Waals surface area contributed by atoms with Crippen molar-refractivity contribution < 1.29 is 9.90 Å². The molecule has 0 aliphatic heterocycles. The molecule has 1 aromatic heterocycles. The Balaban J connectivity index is 2.02. The Kier molecular flexibility index (Phi) is 3.09. The number of amides is 1. The number of nitrogens with one attached hydrogen (secondary N) is 2. The van der Waals surface area contributed by atoms with Gasteiger partial charge in [0.25, 0.3) is 5.91 Å². The maximum atomic E-state index is 11.8. The molecule has 1 amide bonds. The zero-order chi connectivity index (χ0) is 12.3. The van der Waals surface area contributed by atoms with Gasteiger partial charge in [0, 0.05) is 23.9 Å². The predicted octanol–water partition coefficient (Wildman–Crippen LogP) is 1.35. The molecule has 3 N–H and O–H groups in total. The molecule has 5 heteroatoms. The fraction of sp³-hybridized carbons (Fsp3) is 0.167. The number of nitrogens with zero attached hydrogens (tertiary/aromatic N) is 1. The molecule has 88 valence electrons. The quantitative estimate of drug-likeness (QED) is 0.746. The molecule has 0 unspecified atom stereocenters. The minimum atomic E-state index is -0.221. The summed E-state index contributed by atoms with van der Waals surface area (Å²) in [5, 5.41) is 18.7. The number of aromatic amines is 1. The monoisotopic (exact) mass is 231 g/mol. The molecule has 0 aliphatic carbocycles. The molecule has 0 spiro atoms. The molecular formula is C12H13N3O2. The number of carbonyl (C=O) groups excluding carboxylic acids is 1. The largest absolute Gasteiger partial charge is 0.508 e. The zero-order valence-electron chi connectivity index (χ0n) is 9.40. The first-order valence-corrected chi connectivity index (χ1v) is 5.22. The molecule has 0 saturated heterocycles. The van der Waals surface area contributed by atoms with Crippen molar-refractivity contribution in [3.63, 3.8) is 0 Å². The van der Waals surface area contributed by atoms with Gasteiger partial charge >= 0.3 is 0 Å². The van der Waals surface area contributed by atoms with Crippen LogP contribution in [0.4, 0.5) is 0 Å². The number of aryl methyl sites for hydroxylation is 1. The Bertz CT molecular complexity index is 521. The first kappa shape index (κ1) is 11.2. The number of hydrogen-bond donors (Lipinski definition) is 3. The molecule has 0 radical (unpaired) electrons. The summed E-state index contributed by atoms with van der Waals surface area (Å²) in [4.78, 5) is 11.8. The molecule has 0 fully saturated rings. The molecule has 0 saturated carbocycles. The van der Waals surface area contributed by atoms with Crippen LogP contribution in [0.15, 0.2) is 30.6 Å². The fourth-order valence-electron chi connectivity index (χ4n) is 1.41. The van der Waals surface area contributed by atoms with Crippen LogP contribution in [0.1, 0.15) is 21.5 Å². The number of benzene rings is 1. The number of phenols is 1. The summed E-state index contributed by atoms with van der Waals surface area (Å²) in [6.07, 6.45) is 3.36. The van der Waals surface area contributed by atoms with Gasteiger partial charge in [0.1, 0.15) is 5.75 Å². The lowest BCUT2D eigenvalue weighted by molar-refractivity contribution is 0.0950. The van der Waals surface area contributed by atoms with Crippen LogP contribution in [0.2, 0.25) is 0 Å². The summed E-state index contributed by atoms with van der Waals surface area (Å²) < 4.78 is 0. The van der Waals surface area contributed by atoms with Crippen LogP contribution >= 0.6 is 0 Å². The van der Waals surface area contributed by atoms with Crippen molar-refractivity contribution in [2.24, 2.45) is 0 Å². The van der Waals surface area contributed by atoms with E-state index in [9.17, 15) is 9.90 Å². The van der Waals surface area contributed by atoms with Crippen LogP contribution in [0.3, 0.4) is 0 Å². The van der Waals surface area contributed by atoms with E-state index >= 15 is 0 Å². The number of carbonyl (C=O) groups is 1. The van der Waals surface area contributed by atoms with Crippen LogP contribution in [0, 0.1) is 6.92 Å². The molecule has 5 nitrogen and oxygen atoms in total. The highest BCUT2D eigenvalue weighted by Gasteiger charge is 2.07. The Hall–Kier alpha value is -2.30. The van der Waals surface area contributed by atoms with Crippen LogP contribution in [-0.4, -0.2) is 21.2 Å². The van der Waals surface area contributed by atoms with E-state index in [-0.39, 0.29) is 11.7 Å².